The van der Waals surface area contributed by atoms with Gasteiger partial charge in [0.15, 0.2) is 0 Å². The molecule has 1 atom stereocenters. The fourth-order valence-corrected chi connectivity index (χ4v) is 2.96. The molecule has 1 aliphatic heterocycles. The molecule has 0 spiro atoms. The fourth-order valence-electron chi connectivity index (χ4n) is 2.80. The first-order chi connectivity index (χ1) is 11.3. The van der Waals surface area contributed by atoms with E-state index in [0.717, 1.165) is 44.7 Å². The summed E-state index contributed by atoms with van der Waals surface area (Å²) in [7, 11) is 0. The normalized spacial score (nSPS) is 17.4. The van der Waals surface area contributed by atoms with Crippen LogP contribution in [0.4, 0.5) is 0 Å². The maximum absolute atomic E-state index is 8.98. The number of rotatable bonds is 6. The van der Waals surface area contributed by atoms with Crippen LogP contribution in [0.3, 0.4) is 0 Å². The van der Waals surface area contributed by atoms with Crippen molar-refractivity contribution in [1.82, 2.24) is 20.3 Å². The van der Waals surface area contributed by atoms with E-state index in [1.54, 1.807) is 10.9 Å². The molecule has 0 amide bonds. The van der Waals surface area contributed by atoms with E-state index in [9.17, 15) is 0 Å². The van der Waals surface area contributed by atoms with Crippen molar-refractivity contribution in [3.05, 3.63) is 40.7 Å². The smallest absolute Gasteiger partial charge is 0.125 e. The zero-order valence-electron chi connectivity index (χ0n) is 12.9. The number of aryl methyl sites for hydroxylation is 1. The molecule has 0 saturated heterocycles. The van der Waals surface area contributed by atoms with Crippen molar-refractivity contribution >= 4 is 11.6 Å². The Morgan fingerprint density at radius 1 is 1.43 bits per heavy atom. The summed E-state index contributed by atoms with van der Waals surface area (Å²) in [4.78, 5) is 0. The summed E-state index contributed by atoms with van der Waals surface area (Å²) >= 11 is 6.05. The van der Waals surface area contributed by atoms with Gasteiger partial charge in [0.25, 0.3) is 0 Å². The topological polar surface area (TPSA) is 72.2 Å². The third-order valence-corrected chi connectivity index (χ3v) is 4.18. The highest BCUT2D eigenvalue weighted by atomic mass is 35.5. The third kappa shape index (κ3) is 4.22. The Morgan fingerprint density at radius 3 is 3.17 bits per heavy atom. The van der Waals surface area contributed by atoms with E-state index in [1.807, 2.05) is 18.2 Å². The summed E-state index contributed by atoms with van der Waals surface area (Å²) in [6.07, 6.45) is 4.78. The summed E-state index contributed by atoms with van der Waals surface area (Å²) in [6, 6.07) is 6.14. The van der Waals surface area contributed by atoms with Gasteiger partial charge in [-0.25, -0.2) is 0 Å². The van der Waals surface area contributed by atoms with Crippen LogP contribution in [0, 0.1) is 0 Å². The number of ether oxygens (including phenoxy) is 1. The lowest BCUT2D eigenvalue weighted by Gasteiger charge is -2.18. The molecule has 0 radical (unpaired) electrons. The van der Waals surface area contributed by atoms with Crippen molar-refractivity contribution in [2.45, 2.75) is 38.5 Å². The number of nitrogens with zero attached hydrogens (tertiary/aromatic N) is 3. The molecule has 1 aliphatic rings. The van der Waals surface area contributed by atoms with Crippen LogP contribution in [0.15, 0.2) is 24.4 Å². The number of aromatic nitrogens is 3. The summed E-state index contributed by atoms with van der Waals surface area (Å²) in [5, 5.41) is 21.1. The van der Waals surface area contributed by atoms with E-state index in [2.05, 4.69) is 15.6 Å². The van der Waals surface area contributed by atoms with Crippen LogP contribution < -0.4 is 10.1 Å². The van der Waals surface area contributed by atoms with Gasteiger partial charge in [0.1, 0.15) is 11.4 Å². The number of fused-ring (bicyclic) bond motifs is 1. The minimum atomic E-state index is -0.0698. The van der Waals surface area contributed by atoms with Crippen molar-refractivity contribution < 1.29 is 9.84 Å². The van der Waals surface area contributed by atoms with Gasteiger partial charge >= 0.3 is 0 Å². The number of hydrogen-bond donors (Lipinski definition) is 2. The van der Waals surface area contributed by atoms with Crippen molar-refractivity contribution in [3.8, 4) is 5.75 Å². The largest absolute Gasteiger partial charge is 0.493 e. The van der Waals surface area contributed by atoms with Crippen LogP contribution in [0.25, 0.3) is 0 Å². The van der Waals surface area contributed by atoms with E-state index in [1.165, 1.54) is 5.56 Å². The zero-order chi connectivity index (χ0) is 16.1. The molecule has 2 heterocycles. The molecular formula is C16H21ClN4O2. The third-order valence-electron chi connectivity index (χ3n) is 3.95. The summed E-state index contributed by atoms with van der Waals surface area (Å²) in [6.45, 7) is 2.31. The molecule has 124 valence electrons. The van der Waals surface area contributed by atoms with Gasteiger partial charge in [-0.1, -0.05) is 22.9 Å². The molecule has 23 heavy (non-hydrogen) atoms. The minimum Gasteiger partial charge on any atom is -0.493 e. The molecule has 0 bridgehead atoms. The summed E-state index contributed by atoms with van der Waals surface area (Å²) in [5.74, 6) is 0.886. The standard InChI is InChI=1S/C16H21ClN4O2/c17-12-4-5-14-15(3-1-8-23-16(14)9-12)18-6-2-7-21-10-13(11-22)19-20-21/h4-5,9-10,15,18,22H,1-3,6-8,11H2. The molecule has 0 aliphatic carbocycles. The molecule has 1 unspecified atom stereocenters. The molecule has 1 aromatic carbocycles. The SMILES string of the molecule is OCc1cn(CCCNC2CCCOc3cc(Cl)ccc32)nn1. The Labute approximate surface area is 140 Å². The minimum absolute atomic E-state index is 0.0698. The van der Waals surface area contributed by atoms with Gasteiger partial charge in [0.05, 0.1) is 19.4 Å². The second kappa shape index (κ2) is 7.77. The Hall–Kier alpha value is -1.63. The summed E-state index contributed by atoms with van der Waals surface area (Å²) < 4.78 is 7.54. The molecular weight excluding hydrogens is 316 g/mol. The molecule has 3 rings (SSSR count). The number of aliphatic hydroxyl groups excluding tert-OH is 1. The van der Waals surface area contributed by atoms with Gasteiger partial charge in [0, 0.05) is 23.2 Å². The van der Waals surface area contributed by atoms with Crippen LogP contribution in [-0.2, 0) is 13.2 Å². The average molecular weight is 337 g/mol. The number of hydrogen-bond acceptors (Lipinski definition) is 5. The van der Waals surface area contributed by atoms with Gasteiger partial charge < -0.3 is 15.2 Å². The second-order valence-electron chi connectivity index (χ2n) is 5.66. The Morgan fingerprint density at radius 2 is 2.35 bits per heavy atom. The molecule has 6 nitrogen and oxygen atoms in total. The summed E-state index contributed by atoms with van der Waals surface area (Å²) in [5.41, 5.74) is 1.78. The molecule has 0 fully saturated rings. The molecule has 7 heteroatoms. The first kappa shape index (κ1) is 16.2. The van der Waals surface area contributed by atoms with Crippen LogP contribution in [0.2, 0.25) is 5.02 Å². The monoisotopic (exact) mass is 336 g/mol. The van der Waals surface area contributed by atoms with E-state index < -0.39 is 0 Å². The van der Waals surface area contributed by atoms with Crippen molar-refractivity contribution in [3.63, 3.8) is 0 Å². The molecule has 2 N–H and O–H groups in total. The highest BCUT2D eigenvalue weighted by molar-refractivity contribution is 6.30. The lowest BCUT2D eigenvalue weighted by atomic mass is 10.0. The van der Waals surface area contributed by atoms with Crippen molar-refractivity contribution in [2.75, 3.05) is 13.2 Å². The number of aliphatic hydroxyl groups is 1. The van der Waals surface area contributed by atoms with E-state index in [0.29, 0.717) is 10.7 Å². The van der Waals surface area contributed by atoms with E-state index in [4.69, 9.17) is 21.4 Å². The first-order valence-corrected chi connectivity index (χ1v) is 8.29. The van der Waals surface area contributed by atoms with Gasteiger partial charge in [-0.15, -0.1) is 5.10 Å². The molecule has 1 aromatic heterocycles. The fraction of sp³-hybridized carbons (Fsp3) is 0.500. The number of halogens is 1. The Balaban J connectivity index is 1.53. The van der Waals surface area contributed by atoms with Crippen LogP contribution in [0.1, 0.15) is 36.6 Å². The van der Waals surface area contributed by atoms with Crippen molar-refractivity contribution in [2.24, 2.45) is 0 Å². The lowest BCUT2D eigenvalue weighted by molar-refractivity contribution is 0.276. The first-order valence-electron chi connectivity index (χ1n) is 7.92. The van der Waals surface area contributed by atoms with Gasteiger partial charge in [0.2, 0.25) is 0 Å². The second-order valence-corrected chi connectivity index (χ2v) is 6.10. The Bertz CT molecular complexity index is 647. The quantitative estimate of drug-likeness (QED) is 0.792. The van der Waals surface area contributed by atoms with E-state index >= 15 is 0 Å². The number of nitrogens with one attached hydrogen (secondary N) is 1. The highest BCUT2D eigenvalue weighted by Gasteiger charge is 2.19. The molecule has 0 saturated carbocycles. The maximum Gasteiger partial charge on any atom is 0.125 e. The van der Waals surface area contributed by atoms with Crippen LogP contribution in [-0.4, -0.2) is 33.3 Å². The predicted octanol–water partition coefficient (Wildman–Crippen LogP) is 2.32. The predicted molar refractivity (Wildman–Crippen MR) is 87.5 cm³/mol. The average Bonchev–Trinajstić information content (AvgIpc) is 2.93. The van der Waals surface area contributed by atoms with Crippen LogP contribution >= 0.6 is 11.6 Å². The van der Waals surface area contributed by atoms with E-state index in [-0.39, 0.29) is 12.6 Å². The van der Waals surface area contributed by atoms with Crippen LogP contribution in [0.5, 0.6) is 5.75 Å². The van der Waals surface area contributed by atoms with Gasteiger partial charge in [-0.05, 0) is 37.9 Å². The zero-order valence-corrected chi connectivity index (χ0v) is 13.7. The molecule has 2 aromatic rings. The lowest BCUT2D eigenvalue weighted by Crippen LogP contribution is -2.23. The Kier molecular flexibility index (Phi) is 5.48. The maximum atomic E-state index is 8.98. The number of benzene rings is 1. The van der Waals surface area contributed by atoms with Gasteiger partial charge in [-0.2, -0.15) is 0 Å². The highest BCUT2D eigenvalue weighted by Crippen LogP contribution is 2.33. The van der Waals surface area contributed by atoms with Crippen molar-refractivity contribution in [1.29, 1.82) is 0 Å². The van der Waals surface area contributed by atoms with Gasteiger partial charge in [-0.3, -0.25) is 4.68 Å².